The van der Waals surface area contributed by atoms with Crippen molar-refractivity contribution in [2.75, 3.05) is 0 Å². The fourth-order valence-electron chi connectivity index (χ4n) is 3.94. The van der Waals surface area contributed by atoms with Crippen molar-refractivity contribution in [2.24, 2.45) is 0 Å². The Labute approximate surface area is 185 Å². The van der Waals surface area contributed by atoms with Crippen LogP contribution in [0, 0.1) is 0 Å². The molecule has 1 aliphatic rings. The van der Waals surface area contributed by atoms with Gasteiger partial charge in [-0.05, 0) is 42.7 Å². The number of rotatable bonds is 5. The molecule has 6 heteroatoms. The van der Waals surface area contributed by atoms with Crippen LogP contribution in [0.2, 0.25) is 0 Å². The van der Waals surface area contributed by atoms with Crippen LogP contribution in [-0.4, -0.2) is 22.7 Å². The molecular weight excluding hydrogens is 404 g/mol. The molecule has 0 aromatic heterocycles. The summed E-state index contributed by atoms with van der Waals surface area (Å²) in [4.78, 5) is 37.1. The first-order valence-electron chi connectivity index (χ1n) is 10.2. The lowest BCUT2D eigenvalue weighted by Crippen LogP contribution is -2.43. The smallest absolute Gasteiger partial charge is 0.320 e. The maximum atomic E-state index is 12.7. The minimum atomic E-state index is -0.654. The summed E-state index contributed by atoms with van der Waals surface area (Å²) in [5, 5.41) is 16.3. The van der Waals surface area contributed by atoms with Crippen LogP contribution in [0.1, 0.15) is 57.3 Å². The van der Waals surface area contributed by atoms with E-state index in [-0.39, 0.29) is 28.4 Å². The Hall–Kier alpha value is -4.19. The molecule has 2 amide bonds. The number of phenolic OH excluding ortho intramolecular Hbond substituents is 1. The van der Waals surface area contributed by atoms with Crippen molar-refractivity contribution in [1.29, 1.82) is 0 Å². The van der Waals surface area contributed by atoms with Crippen LogP contribution < -0.4 is 10.6 Å². The minimum absolute atomic E-state index is 0.0363. The number of aromatic hydroxyl groups is 1. The van der Waals surface area contributed by atoms with E-state index in [1.165, 1.54) is 26.0 Å². The van der Waals surface area contributed by atoms with Gasteiger partial charge in [-0.2, -0.15) is 0 Å². The van der Waals surface area contributed by atoms with Crippen LogP contribution >= 0.6 is 0 Å². The highest BCUT2D eigenvalue weighted by Gasteiger charge is 2.31. The average molecular weight is 426 g/mol. The zero-order chi connectivity index (χ0) is 22.8. The van der Waals surface area contributed by atoms with Crippen LogP contribution in [0.25, 0.3) is 11.3 Å². The van der Waals surface area contributed by atoms with Crippen LogP contribution in [-0.2, 0) is 0 Å². The third-order valence-electron chi connectivity index (χ3n) is 5.44. The number of phenols is 1. The molecule has 6 nitrogen and oxygen atoms in total. The second-order valence-corrected chi connectivity index (χ2v) is 7.63. The standard InChI is InChI=1S/C26H22N2O4/c1-15(29)20-13-19(14-21(16(2)30)25(20)31)24-22(17-9-5-3-6-10-17)23(27-26(32)28-24)18-11-7-4-8-12-18/h3-14,24,31H,1-2H3,(H2,27,28,32). The van der Waals surface area contributed by atoms with Gasteiger partial charge in [0.05, 0.1) is 22.9 Å². The Kier molecular flexibility index (Phi) is 5.60. The van der Waals surface area contributed by atoms with Gasteiger partial charge < -0.3 is 15.7 Å². The molecule has 1 unspecified atom stereocenters. The maximum absolute atomic E-state index is 12.7. The third kappa shape index (κ3) is 3.90. The number of ketones is 2. The lowest BCUT2D eigenvalue weighted by Gasteiger charge is -2.31. The van der Waals surface area contributed by atoms with E-state index in [9.17, 15) is 19.5 Å². The topological polar surface area (TPSA) is 95.5 Å². The van der Waals surface area contributed by atoms with Crippen LogP contribution in [0.3, 0.4) is 0 Å². The number of amides is 2. The van der Waals surface area contributed by atoms with Gasteiger partial charge >= 0.3 is 6.03 Å². The van der Waals surface area contributed by atoms with Gasteiger partial charge in [-0.25, -0.2) is 4.79 Å². The van der Waals surface area contributed by atoms with E-state index in [1.54, 1.807) is 0 Å². The number of carbonyl (C=O) groups excluding carboxylic acids is 3. The zero-order valence-electron chi connectivity index (χ0n) is 17.7. The SMILES string of the molecule is CC(=O)c1cc(C2NC(=O)NC(c3ccccc3)=C2c2ccccc2)cc(C(C)=O)c1O. The number of benzene rings is 3. The third-order valence-corrected chi connectivity index (χ3v) is 5.44. The van der Waals surface area contributed by atoms with Crippen molar-refractivity contribution in [3.63, 3.8) is 0 Å². The second kappa shape index (κ2) is 8.51. The Morgan fingerprint density at radius 2 is 1.31 bits per heavy atom. The van der Waals surface area contributed by atoms with Gasteiger partial charge in [-0.3, -0.25) is 9.59 Å². The van der Waals surface area contributed by atoms with E-state index in [2.05, 4.69) is 10.6 Å². The van der Waals surface area contributed by atoms with E-state index in [4.69, 9.17) is 0 Å². The van der Waals surface area contributed by atoms with Crippen molar-refractivity contribution < 1.29 is 19.5 Å². The van der Waals surface area contributed by atoms with Crippen molar-refractivity contribution in [2.45, 2.75) is 19.9 Å². The number of carbonyl (C=O) groups is 3. The molecule has 0 aliphatic carbocycles. The normalized spacial score (nSPS) is 15.7. The van der Waals surface area contributed by atoms with E-state index in [0.717, 1.165) is 16.7 Å². The molecule has 1 atom stereocenters. The van der Waals surface area contributed by atoms with Crippen LogP contribution in [0.4, 0.5) is 4.79 Å². The van der Waals surface area contributed by atoms with E-state index >= 15 is 0 Å². The van der Waals surface area contributed by atoms with Crippen molar-refractivity contribution in [1.82, 2.24) is 10.6 Å². The Bertz CT molecular complexity index is 1210. The largest absolute Gasteiger partial charge is 0.506 e. The Morgan fingerprint density at radius 3 is 1.81 bits per heavy atom. The summed E-state index contributed by atoms with van der Waals surface area (Å²) >= 11 is 0. The summed E-state index contributed by atoms with van der Waals surface area (Å²) in [5.41, 5.74) is 3.70. The maximum Gasteiger partial charge on any atom is 0.320 e. The van der Waals surface area contributed by atoms with Gasteiger partial charge in [0.1, 0.15) is 5.75 Å². The molecule has 0 saturated heterocycles. The fraction of sp³-hybridized carbons (Fsp3) is 0.115. The van der Waals surface area contributed by atoms with Gasteiger partial charge in [0, 0.05) is 5.57 Å². The molecule has 0 spiro atoms. The number of nitrogens with one attached hydrogen (secondary N) is 2. The van der Waals surface area contributed by atoms with Crippen LogP contribution in [0.15, 0.2) is 72.8 Å². The van der Waals surface area contributed by atoms with Gasteiger partial charge in [0.25, 0.3) is 0 Å². The number of urea groups is 1. The van der Waals surface area contributed by atoms with E-state index < -0.39 is 12.1 Å². The molecule has 4 rings (SSSR count). The number of Topliss-reactive ketones (excluding diaryl/α,β-unsaturated/α-hetero) is 2. The first-order chi connectivity index (χ1) is 15.4. The predicted molar refractivity (Wildman–Crippen MR) is 122 cm³/mol. The molecule has 1 aliphatic heterocycles. The Balaban J connectivity index is 2.02. The fourth-order valence-corrected chi connectivity index (χ4v) is 3.94. The second-order valence-electron chi connectivity index (χ2n) is 7.63. The minimum Gasteiger partial charge on any atom is -0.506 e. The molecule has 3 aromatic carbocycles. The first-order valence-corrected chi connectivity index (χ1v) is 10.2. The van der Waals surface area contributed by atoms with Gasteiger partial charge in [-0.1, -0.05) is 60.7 Å². The van der Waals surface area contributed by atoms with Crippen LogP contribution in [0.5, 0.6) is 5.75 Å². The van der Waals surface area contributed by atoms with E-state index in [1.807, 2.05) is 60.7 Å². The Morgan fingerprint density at radius 1 is 0.812 bits per heavy atom. The van der Waals surface area contributed by atoms with Gasteiger partial charge in [0.2, 0.25) is 0 Å². The monoisotopic (exact) mass is 426 g/mol. The molecule has 0 fully saturated rings. The van der Waals surface area contributed by atoms with Crippen molar-refractivity contribution in [3.8, 4) is 5.75 Å². The highest BCUT2D eigenvalue weighted by atomic mass is 16.3. The highest BCUT2D eigenvalue weighted by Crippen LogP contribution is 2.40. The summed E-state index contributed by atoms with van der Waals surface area (Å²) < 4.78 is 0. The molecular formula is C26H22N2O4. The number of hydrogen-bond donors (Lipinski definition) is 3. The van der Waals surface area contributed by atoms with Crippen molar-refractivity contribution in [3.05, 3.63) is 101 Å². The summed E-state index contributed by atoms with van der Waals surface area (Å²) in [5.74, 6) is -1.09. The molecule has 3 aromatic rings. The lowest BCUT2D eigenvalue weighted by molar-refractivity contribution is 0.101. The van der Waals surface area contributed by atoms with Gasteiger partial charge in [-0.15, -0.1) is 0 Å². The molecule has 0 radical (unpaired) electrons. The summed E-state index contributed by atoms with van der Waals surface area (Å²) in [6.07, 6.45) is 0. The average Bonchev–Trinajstić information content (AvgIpc) is 2.79. The number of hydrogen-bond acceptors (Lipinski definition) is 4. The highest BCUT2D eigenvalue weighted by molar-refractivity contribution is 6.06. The molecule has 0 bridgehead atoms. The quantitative estimate of drug-likeness (QED) is 0.515. The molecule has 160 valence electrons. The summed E-state index contributed by atoms with van der Waals surface area (Å²) in [6, 6.07) is 21.0. The first kappa shape index (κ1) is 21.1. The van der Waals surface area contributed by atoms with Gasteiger partial charge in [0.15, 0.2) is 11.6 Å². The summed E-state index contributed by atoms with van der Waals surface area (Å²) in [7, 11) is 0. The molecule has 0 saturated carbocycles. The van der Waals surface area contributed by atoms with Crippen molar-refractivity contribution >= 4 is 28.9 Å². The molecule has 32 heavy (non-hydrogen) atoms. The molecule has 3 N–H and O–H groups in total. The van der Waals surface area contributed by atoms with E-state index in [0.29, 0.717) is 11.3 Å². The zero-order valence-corrected chi connectivity index (χ0v) is 17.7. The molecule has 1 heterocycles. The summed E-state index contributed by atoms with van der Waals surface area (Å²) in [6.45, 7) is 2.65. The predicted octanol–water partition coefficient (Wildman–Crippen LogP) is 4.72. The lowest BCUT2D eigenvalue weighted by atomic mass is 9.86.